The molecule has 52 valence electrons. The smallest absolute Gasteiger partial charge is 0.208 e. The van der Waals surface area contributed by atoms with Gasteiger partial charge in [-0.3, -0.25) is 4.79 Å². The van der Waals surface area contributed by atoms with E-state index in [1.807, 2.05) is 0 Å². The second-order valence-corrected chi connectivity index (χ2v) is 4.93. The fourth-order valence-corrected chi connectivity index (χ4v) is 3.56. The lowest BCUT2D eigenvalue weighted by Crippen LogP contribution is -2.12. The minimum atomic E-state index is 0.0182. The first-order valence-corrected chi connectivity index (χ1v) is 5.31. The average molecular weight is 180 g/mol. The second-order valence-electron chi connectivity index (χ2n) is 1.77. The molecule has 0 aromatic carbocycles. The molecule has 0 aromatic heterocycles. The van der Waals surface area contributed by atoms with Crippen molar-refractivity contribution in [2.45, 2.75) is 11.0 Å². The van der Waals surface area contributed by atoms with Gasteiger partial charge in [0.2, 0.25) is 5.12 Å². The summed E-state index contributed by atoms with van der Waals surface area (Å²) in [6, 6.07) is 0. The zero-order valence-corrected chi connectivity index (χ0v) is 7.40. The third kappa shape index (κ3) is 2.43. The highest BCUT2D eigenvalue weighted by Gasteiger charge is 2.18. The van der Waals surface area contributed by atoms with Crippen LogP contribution in [0.15, 0.2) is 0 Å². The standard InChI is InChI=1S/C5H8OS3/c6-4(7)5-8-2-1-3-9-5/h5H,1-3H2,(H,6,7). The van der Waals surface area contributed by atoms with Crippen molar-refractivity contribution in [3.63, 3.8) is 0 Å². The maximum absolute atomic E-state index is 10.6. The summed E-state index contributed by atoms with van der Waals surface area (Å²) in [5.74, 6) is 2.23. The van der Waals surface area contributed by atoms with Gasteiger partial charge in [0.1, 0.15) is 4.58 Å². The molecule has 0 bridgehead atoms. The highest BCUT2D eigenvalue weighted by molar-refractivity contribution is 8.21. The van der Waals surface area contributed by atoms with Crippen LogP contribution >= 0.6 is 36.2 Å². The van der Waals surface area contributed by atoms with Crippen LogP contribution in [-0.2, 0) is 4.79 Å². The molecule has 0 aliphatic carbocycles. The zero-order valence-electron chi connectivity index (χ0n) is 4.87. The van der Waals surface area contributed by atoms with Crippen LogP contribution in [0.25, 0.3) is 0 Å². The molecule has 0 atom stereocenters. The van der Waals surface area contributed by atoms with E-state index in [0.29, 0.717) is 0 Å². The molecule has 1 fully saturated rings. The van der Waals surface area contributed by atoms with Gasteiger partial charge in [0.15, 0.2) is 0 Å². The summed E-state index contributed by atoms with van der Waals surface area (Å²) in [4.78, 5) is 10.6. The summed E-state index contributed by atoms with van der Waals surface area (Å²) in [6.07, 6.45) is 1.23. The van der Waals surface area contributed by atoms with Crippen LogP contribution in [-0.4, -0.2) is 21.2 Å². The van der Waals surface area contributed by atoms with Crippen molar-refractivity contribution in [3.8, 4) is 0 Å². The molecule has 0 amide bonds. The van der Waals surface area contributed by atoms with E-state index in [-0.39, 0.29) is 9.70 Å². The van der Waals surface area contributed by atoms with Crippen LogP contribution in [0, 0.1) is 0 Å². The van der Waals surface area contributed by atoms with Crippen molar-refractivity contribution in [2.24, 2.45) is 0 Å². The number of hydrogen-bond acceptors (Lipinski definition) is 3. The van der Waals surface area contributed by atoms with E-state index in [0.717, 1.165) is 11.5 Å². The first-order chi connectivity index (χ1) is 4.30. The van der Waals surface area contributed by atoms with E-state index < -0.39 is 0 Å². The van der Waals surface area contributed by atoms with Crippen molar-refractivity contribution in [1.82, 2.24) is 0 Å². The summed E-state index contributed by atoms with van der Waals surface area (Å²) in [5, 5.41) is 0.0182. The van der Waals surface area contributed by atoms with Crippen LogP contribution in [0.2, 0.25) is 0 Å². The molecular weight excluding hydrogens is 172 g/mol. The van der Waals surface area contributed by atoms with Crippen LogP contribution in [0.4, 0.5) is 0 Å². The summed E-state index contributed by atoms with van der Waals surface area (Å²) in [5.41, 5.74) is 0. The van der Waals surface area contributed by atoms with E-state index in [4.69, 9.17) is 0 Å². The van der Waals surface area contributed by atoms with Gasteiger partial charge in [-0.1, -0.05) is 0 Å². The highest BCUT2D eigenvalue weighted by atomic mass is 32.2. The fourth-order valence-electron chi connectivity index (χ4n) is 0.630. The predicted octanol–water partition coefficient (Wildman–Crippen LogP) is 1.64. The molecule has 1 rings (SSSR count). The molecule has 9 heavy (non-hydrogen) atoms. The largest absolute Gasteiger partial charge is 0.285 e. The van der Waals surface area contributed by atoms with E-state index in [2.05, 4.69) is 12.6 Å². The lowest BCUT2D eigenvalue weighted by atomic mass is 10.6. The Morgan fingerprint density at radius 3 is 2.33 bits per heavy atom. The van der Waals surface area contributed by atoms with Crippen LogP contribution in [0.5, 0.6) is 0 Å². The Balaban J connectivity index is 2.31. The Morgan fingerprint density at radius 1 is 1.44 bits per heavy atom. The Labute approximate surface area is 68.8 Å². The Hall–Kier alpha value is 0.720. The number of hydrogen-bond donors (Lipinski definition) is 1. The second kappa shape index (κ2) is 3.78. The third-order valence-corrected chi connectivity index (χ3v) is 4.54. The molecule has 1 saturated heterocycles. The van der Waals surface area contributed by atoms with Crippen molar-refractivity contribution in [1.29, 1.82) is 0 Å². The monoisotopic (exact) mass is 180 g/mol. The minimum Gasteiger partial charge on any atom is -0.285 e. The third-order valence-electron chi connectivity index (χ3n) is 1.03. The lowest BCUT2D eigenvalue weighted by Gasteiger charge is -2.16. The first kappa shape index (κ1) is 7.82. The zero-order chi connectivity index (χ0) is 6.69. The molecule has 0 spiro atoms. The molecular formula is C5H8OS3. The quantitative estimate of drug-likeness (QED) is 0.618. The Morgan fingerprint density at radius 2 is 2.00 bits per heavy atom. The normalized spacial score (nSPS) is 21.9. The molecule has 0 saturated carbocycles. The fraction of sp³-hybridized carbons (Fsp3) is 0.800. The van der Waals surface area contributed by atoms with E-state index in [1.165, 1.54) is 6.42 Å². The van der Waals surface area contributed by atoms with Gasteiger partial charge in [-0.05, 0) is 17.9 Å². The molecule has 0 N–H and O–H groups in total. The van der Waals surface area contributed by atoms with Gasteiger partial charge in [0, 0.05) is 0 Å². The molecule has 1 heterocycles. The number of carbonyl (C=O) groups excluding carboxylic acids is 1. The van der Waals surface area contributed by atoms with E-state index in [9.17, 15) is 4.79 Å². The van der Waals surface area contributed by atoms with Crippen LogP contribution in [0.1, 0.15) is 6.42 Å². The number of rotatable bonds is 1. The highest BCUT2D eigenvalue weighted by Crippen LogP contribution is 2.31. The Kier molecular flexibility index (Phi) is 3.29. The van der Waals surface area contributed by atoms with Gasteiger partial charge in [-0.25, -0.2) is 0 Å². The van der Waals surface area contributed by atoms with E-state index >= 15 is 0 Å². The van der Waals surface area contributed by atoms with Crippen molar-refractivity contribution < 1.29 is 4.79 Å². The average Bonchev–Trinajstić information content (AvgIpc) is 1.90. The molecule has 0 unspecified atom stereocenters. The molecule has 0 aromatic rings. The first-order valence-electron chi connectivity index (χ1n) is 2.77. The lowest BCUT2D eigenvalue weighted by molar-refractivity contribution is -0.109. The number of thioether (sulfide) groups is 2. The maximum Gasteiger partial charge on any atom is 0.208 e. The number of thiol groups is 1. The molecule has 0 radical (unpaired) electrons. The van der Waals surface area contributed by atoms with Gasteiger partial charge in [-0.2, -0.15) is 0 Å². The summed E-state index contributed by atoms with van der Waals surface area (Å²) < 4.78 is 0.113. The van der Waals surface area contributed by atoms with Crippen LogP contribution in [0.3, 0.4) is 0 Å². The Bertz CT molecular complexity index is 109. The van der Waals surface area contributed by atoms with Crippen molar-refractivity contribution in [3.05, 3.63) is 0 Å². The SMILES string of the molecule is O=C(S)C1SCCCS1. The molecule has 4 heteroatoms. The van der Waals surface area contributed by atoms with Gasteiger partial charge in [0.05, 0.1) is 0 Å². The van der Waals surface area contributed by atoms with Crippen LogP contribution < -0.4 is 0 Å². The number of carbonyl (C=O) groups is 1. The summed E-state index contributed by atoms with van der Waals surface area (Å²) in [6.45, 7) is 0. The molecule has 1 nitrogen and oxygen atoms in total. The van der Waals surface area contributed by atoms with Gasteiger partial charge < -0.3 is 0 Å². The molecule has 1 aliphatic heterocycles. The predicted molar refractivity (Wildman–Crippen MR) is 47.3 cm³/mol. The maximum atomic E-state index is 10.6. The van der Waals surface area contributed by atoms with Gasteiger partial charge in [-0.15, -0.1) is 36.2 Å². The summed E-state index contributed by atoms with van der Waals surface area (Å²) in [7, 11) is 0. The molecule has 1 aliphatic rings. The van der Waals surface area contributed by atoms with Crippen molar-refractivity contribution in [2.75, 3.05) is 11.5 Å². The minimum absolute atomic E-state index is 0.0182. The topological polar surface area (TPSA) is 17.1 Å². The van der Waals surface area contributed by atoms with E-state index in [1.54, 1.807) is 23.5 Å². The van der Waals surface area contributed by atoms with Gasteiger partial charge in [0.25, 0.3) is 0 Å². The summed E-state index contributed by atoms with van der Waals surface area (Å²) >= 11 is 7.18. The van der Waals surface area contributed by atoms with Gasteiger partial charge >= 0.3 is 0 Å². The van der Waals surface area contributed by atoms with Crippen molar-refractivity contribution >= 4 is 41.3 Å².